The smallest absolute Gasteiger partial charge is 0.435 e. The Labute approximate surface area is 190 Å². The Morgan fingerprint density at radius 3 is 2.42 bits per heavy atom. The van der Waals surface area contributed by atoms with E-state index in [-0.39, 0.29) is 22.9 Å². The van der Waals surface area contributed by atoms with Gasteiger partial charge in [-0.05, 0) is 29.8 Å². The van der Waals surface area contributed by atoms with E-state index in [0.717, 1.165) is 4.68 Å². The van der Waals surface area contributed by atoms with Gasteiger partial charge in [-0.25, -0.2) is 4.79 Å². The predicted octanol–water partition coefficient (Wildman–Crippen LogP) is 3.44. The highest BCUT2D eigenvalue weighted by molar-refractivity contribution is 6.32. The van der Waals surface area contributed by atoms with Gasteiger partial charge in [0.05, 0.1) is 10.7 Å². The standard InChI is InChI=1S/C21H17ClF3N3O5/c22-14-3-1-2-4-16(14)28-19(10-17(27-28)21(23,24)25)33-11-18(30)26-15(20(31)32)9-12-5-7-13(29)8-6-12/h1-8,10,15,29H,9,11H2,(H,26,30)(H,31,32)/t15-/m0/s1. The number of aliphatic carboxylic acids is 1. The molecule has 0 unspecified atom stereocenters. The van der Waals surface area contributed by atoms with Crippen molar-refractivity contribution in [1.82, 2.24) is 15.1 Å². The third kappa shape index (κ3) is 6.16. The second-order valence-corrected chi connectivity index (χ2v) is 7.25. The Hall–Kier alpha value is -3.73. The fourth-order valence-electron chi connectivity index (χ4n) is 2.84. The second-order valence-electron chi connectivity index (χ2n) is 6.85. The number of nitrogens with one attached hydrogen (secondary N) is 1. The molecule has 0 spiro atoms. The van der Waals surface area contributed by atoms with E-state index in [1.165, 1.54) is 42.5 Å². The van der Waals surface area contributed by atoms with Crippen molar-refractivity contribution in [3.05, 3.63) is 70.9 Å². The molecule has 3 aromatic rings. The number of amides is 1. The maximum Gasteiger partial charge on any atom is 0.435 e. The van der Waals surface area contributed by atoms with Gasteiger partial charge < -0.3 is 20.3 Å². The molecule has 0 saturated carbocycles. The summed E-state index contributed by atoms with van der Waals surface area (Å²) < 4.78 is 45.5. The van der Waals surface area contributed by atoms with Crippen LogP contribution in [0.5, 0.6) is 11.6 Å². The van der Waals surface area contributed by atoms with E-state index in [0.29, 0.717) is 11.6 Å². The minimum Gasteiger partial charge on any atom is -0.508 e. The van der Waals surface area contributed by atoms with Crippen LogP contribution in [0, 0.1) is 0 Å². The van der Waals surface area contributed by atoms with Crippen molar-refractivity contribution in [2.45, 2.75) is 18.6 Å². The summed E-state index contributed by atoms with van der Waals surface area (Å²) in [5.41, 5.74) is -0.623. The van der Waals surface area contributed by atoms with Gasteiger partial charge in [-0.3, -0.25) is 4.79 Å². The molecule has 0 saturated heterocycles. The van der Waals surface area contributed by atoms with Crippen LogP contribution in [-0.2, 0) is 22.2 Å². The highest BCUT2D eigenvalue weighted by Gasteiger charge is 2.36. The molecule has 0 fully saturated rings. The van der Waals surface area contributed by atoms with Crippen LogP contribution in [0.4, 0.5) is 13.2 Å². The molecule has 174 valence electrons. The number of alkyl halides is 3. The number of carbonyl (C=O) groups is 2. The monoisotopic (exact) mass is 483 g/mol. The molecule has 12 heteroatoms. The number of carbonyl (C=O) groups excluding carboxylic acids is 1. The quantitative estimate of drug-likeness (QED) is 0.452. The van der Waals surface area contributed by atoms with Crippen LogP contribution in [-0.4, -0.2) is 44.5 Å². The van der Waals surface area contributed by atoms with E-state index in [2.05, 4.69) is 10.4 Å². The predicted molar refractivity (Wildman–Crippen MR) is 110 cm³/mol. The average Bonchev–Trinajstić information content (AvgIpc) is 3.18. The van der Waals surface area contributed by atoms with Gasteiger partial charge in [0.25, 0.3) is 5.91 Å². The van der Waals surface area contributed by atoms with Gasteiger partial charge >= 0.3 is 12.1 Å². The number of hydrogen-bond donors (Lipinski definition) is 3. The normalized spacial score (nSPS) is 12.2. The average molecular weight is 484 g/mol. The number of carboxylic acids is 1. The van der Waals surface area contributed by atoms with Crippen LogP contribution >= 0.6 is 11.6 Å². The number of carboxylic acid groups (broad SMARTS) is 1. The Bertz CT molecular complexity index is 1150. The Kier molecular flexibility index (Phi) is 7.12. The highest BCUT2D eigenvalue weighted by Crippen LogP contribution is 2.33. The first-order chi connectivity index (χ1) is 15.5. The first kappa shape index (κ1) is 23.9. The number of ether oxygens (including phenoxy) is 1. The van der Waals surface area contributed by atoms with Crippen molar-refractivity contribution < 1.29 is 37.7 Å². The van der Waals surface area contributed by atoms with Crippen LogP contribution in [0.25, 0.3) is 5.69 Å². The van der Waals surface area contributed by atoms with Crippen molar-refractivity contribution >= 4 is 23.5 Å². The maximum absolute atomic E-state index is 13.2. The summed E-state index contributed by atoms with van der Waals surface area (Å²) >= 11 is 6.05. The summed E-state index contributed by atoms with van der Waals surface area (Å²) in [7, 11) is 0. The van der Waals surface area contributed by atoms with E-state index < -0.39 is 42.3 Å². The summed E-state index contributed by atoms with van der Waals surface area (Å²) in [5.74, 6) is -2.61. The van der Waals surface area contributed by atoms with Crippen molar-refractivity contribution in [2.24, 2.45) is 0 Å². The van der Waals surface area contributed by atoms with Crippen molar-refractivity contribution in [1.29, 1.82) is 0 Å². The molecule has 1 atom stereocenters. The zero-order valence-corrected chi connectivity index (χ0v) is 17.5. The van der Waals surface area contributed by atoms with Crippen molar-refractivity contribution in [2.75, 3.05) is 6.61 Å². The molecule has 0 aliphatic rings. The number of phenols is 1. The molecule has 0 bridgehead atoms. The zero-order chi connectivity index (χ0) is 24.2. The molecule has 0 radical (unpaired) electrons. The maximum atomic E-state index is 13.2. The van der Waals surface area contributed by atoms with Gasteiger partial charge in [0.15, 0.2) is 12.3 Å². The minimum absolute atomic E-state index is 0.00332. The van der Waals surface area contributed by atoms with E-state index >= 15 is 0 Å². The lowest BCUT2D eigenvalue weighted by Gasteiger charge is -2.15. The van der Waals surface area contributed by atoms with E-state index in [4.69, 9.17) is 16.3 Å². The number of hydrogen-bond acceptors (Lipinski definition) is 5. The third-order valence-electron chi connectivity index (χ3n) is 4.41. The molecular formula is C21H17ClF3N3O5. The molecule has 3 N–H and O–H groups in total. The largest absolute Gasteiger partial charge is 0.508 e. The fourth-order valence-corrected chi connectivity index (χ4v) is 3.06. The summed E-state index contributed by atoms with van der Waals surface area (Å²) in [6.07, 6.45) is -4.86. The molecule has 1 heterocycles. The van der Waals surface area contributed by atoms with Crippen LogP contribution in [0.15, 0.2) is 54.6 Å². The lowest BCUT2D eigenvalue weighted by molar-refractivity contribution is -0.142. The molecule has 33 heavy (non-hydrogen) atoms. The number of halogens is 4. The number of phenolic OH excluding ortho intramolecular Hbond substituents is 1. The zero-order valence-electron chi connectivity index (χ0n) is 16.7. The topological polar surface area (TPSA) is 114 Å². The molecular weight excluding hydrogens is 467 g/mol. The van der Waals surface area contributed by atoms with Crippen LogP contribution < -0.4 is 10.1 Å². The Morgan fingerprint density at radius 1 is 1.15 bits per heavy atom. The van der Waals surface area contributed by atoms with Gasteiger partial charge in [-0.15, -0.1) is 0 Å². The molecule has 8 nitrogen and oxygen atoms in total. The molecule has 3 rings (SSSR count). The Balaban J connectivity index is 1.74. The van der Waals surface area contributed by atoms with Gasteiger partial charge in [0.1, 0.15) is 11.8 Å². The molecule has 1 amide bonds. The first-order valence-corrected chi connectivity index (χ1v) is 9.77. The summed E-state index contributed by atoms with van der Waals surface area (Å²) in [6.45, 7) is -0.771. The van der Waals surface area contributed by atoms with Gasteiger partial charge in [-0.2, -0.15) is 23.0 Å². The number of benzene rings is 2. The van der Waals surface area contributed by atoms with Gasteiger partial charge in [0.2, 0.25) is 5.88 Å². The van der Waals surface area contributed by atoms with E-state index in [9.17, 15) is 33.0 Å². The fraction of sp³-hybridized carbons (Fsp3) is 0.190. The number of aromatic hydroxyl groups is 1. The first-order valence-electron chi connectivity index (χ1n) is 9.39. The lowest BCUT2D eigenvalue weighted by Crippen LogP contribution is -2.44. The van der Waals surface area contributed by atoms with E-state index in [1.807, 2.05) is 0 Å². The molecule has 0 aliphatic carbocycles. The number of para-hydroxylation sites is 1. The minimum atomic E-state index is -4.77. The van der Waals surface area contributed by atoms with Crippen molar-refractivity contribution in [3.8, 4) is 17.3 Å². The lowest BCUT2D eigenvalue weighted by atomic mass is 10.1. The van der Waals surface area contributed by atoms with Crippen LogP contribution in [0.1, 0.15) is 11.3 Å². The Morgan fingerprint density at radius 2 is 1.82 bits per heavy atom. The van der Waals surface area contributed by atoms with Gasteiger partial charge in [0, 0.05) is 12.5 Å². The highest BCUT2D eigenvalue weighted by atomic mass is 35.5. The summed E-state index contributed by atoms with van der Waals surface area (Å²) in [5, 5.41) is 24.5. The summed E-state index contributed by atoms with van der Waals surface area (Å²) in [6, 6.07) is 11.0. The van der Waals surface area contributed by atoms with Crippen molar-refractivity contribution in [3.63, 3.8) is 0 Å². The molecule has 0 aliphatic heterocycles. The van der Waals surface area contributed by atoms with Crippen LogP contribution in [0.2, 0.25) is 5.02 Å². The number of aromatic nitrogens is 2. The molecule has 1 aromatic heterocycles. The molecule has 2 aromatic carbocycles. The SMILES string of the molecule is O=C(COc1cc(C(F)(F)F)nn1-c1ccccc1Cl)N[C@@H](Cc1ccc(O)cc1)C(=O)O. The third-order valence-corrected chi connectivity index (χ3v) is 4.73. The van der Waals surface area contributed by atoms with Crippen LogP contribution in [0.3, 0.4) is 0 Å². The van der Waals surface area contributed by atoms with E-state index in [1.54, 1.807) is 6.07 Å². The summed E-state index contributed by atoms with van der Waals surface area (Å²) in [4.78, 5) is 23.8. The number of rotatable bonds is 8. The number of nitrogens with zero attached hydrogens (tertiary/aromatic N) is 2. The second kappa shape index (κ2) is 9.82. The van der Waals surface area contributed by atoms with Gasteiger partial charge in [-0.1, -0.05) is 35.9 Å².